The Kier molecular flexibility index (Phi) is 10.5. The molecule has 0 fully saturated rings. The van der Waals surface area contributed by atoms with Crippen LogP contribution in [0.2, 0.25) is 0 Å². The van der Waals surface area contributed by atoms with Crippen LogP contribution in [-0.2, 0) is 12.8 Å². The lowest BCUT2D eigenvalue weighted by Gasteiger charge is -2.13. The summed E-state index contributed by atoms with van der Waals surface area (Å²) in [6, 6.07) is 16.4. The largest absolute Gasteiger partial charge is 0.493 e. The summed E-state index contributed by atoms with van der Waals surface area (Å²) in [4.78, 5) is 4.26. The Balaban J connectivity index is 0.00000338. The summed E-state index contributed by atoms with van der Waals surface area (Å²) >= 11 is 0. The van der Waals surface area contributed by atoms with Crippen molar-refractivity contribution in [2.24, 2.45) is 4.99 Å². The Hall–Kier alpha value is -1.96. The number of nitrogens with one attached hydrogen (secondary N) is 2. The highest BCUT2D eigenvalue weighted by Crippen LogP contribution is 2.27. The van der Waals surface area contributed by atoms with E-state index in [0.29, 0.717) is 0 Å². The predicted molar refractivity (Wildman–Crippen MR) is 118 cm³/mol. The van der Waals surface area contributed by atoms with Crippen molar-refractivity contribution in [3.63, 3.8) is 0 Å². The normalized spacial score (nSPS) is 10.7. The van der Waals surface area contributed by atoms with E-state index in [4.69, 9.17) is 9.47 Å². The summed E-state index contributed by atoms with van der Waals surface area (Å²) in [5, 5.41) is 6.68. The summed E-state index contributed by atoms with van der Waals surface area (Å²) in [5.41, 5.74) is 2.50. The molecule has 0 spiro atoms. The highest BCUT2D eigenvalue weighted by atomic mass is 127. The van der Waals surface area contributed by atoms with Crippen LogP contribution in [0.1, 0.15) is 11.1 Å². The fourth-order valence-electron chi connectivity index (χ4n) is 2.55. The SMILES string of the molecule is CN=C(NCCc1ccccc1)NCCc1ccc(OC)c(OC)c1.I. The van der Waals surface area contributed by atoms with Gasteiger partial charge in [-0.3, -0.25) is 4.99 Å². The molecule has 0 bridgehead atoms. The number of benzene rings is 2. The monoisotopic (exact) mass is 469 g/mol. The average Bonchev–Trinajstić information content (AvgIpc) is 2.67. The maximum absolute atomic E-state index is 5.34. The first kappa shape index (κ1) is 22.1. The molecule has 0 saturated carbocycles. The zero-order valence-electron chi connectivity index (χ0n) is 15.6. The third-order valence-electron chi connectivity index (χ3n) is 3.93. The van der Waals surface area contributed by atoms with Crippen molar-refractivity contribution in [2.75, 3.05) is 34.4 Å². The van der Waals surface area contributed by atoms with Gasteiger partial charge in [0, 0.05) is 20.1 Å². The maximum Gasteiger partial charge on any atom is 0.190 e. The molecule has 0 aliphatic carbocycles. The molecule has 0 atom stereocenters. The van der Waals surface area contributed by atoms with Crippen LogP contribution >= 0.6 is 24.0 Å². The molecule has 0 aliphatic heterocycles. The molecule has 2 aromatic rings. The number of ether oxygens (including phenoxy) is 2. The van der Waals surface area contributed by atoms with Gasteiger partial charge in [-0.05, 0) is 36.1 Å². The van der Waals surface area contributed by atoms with E-state index < -0.39 is 0 Å². The Morgan fingerprint density at radius 2 is 1.46 bits per heavy atom. The third-order valence-corrected chi connectivity index (χ3v) is 3.93. The van der Waals surface area contributed by atoms with Crippen LogP contribution in [0.3, 0.4) is 0 Å². The van der Waals surface area contributed by atoms with Crippen molar-refractivity contribution in [3.8, 4) is 11.5 Å². The molecule has 2 rings (SSSR count). The van der Waals surface area contributed by atoms with E-state index in [1.165, 1.54) is 11.1 Å². The van der Waals surface area contributed by atoms with E-state index in [1.807, 2.05) is 18.2 Å². The molecule has 0 amide bonds. The summed E-state index contributed by atoms with van der Waals surface area (Å²) in [7, 11) is 5.08. The van der Waals surface area contributed by atoms with E-state index in [1.54, 1.807) is 21.3 Å². The Bertz CT molecular complexity index is 678. The first-order valence-electron chi connectivity index (χ1n) is 8.46. The molecule has 2 aromatic carbocycles. The fraction of sp³-hybridized carbons (Fsp3) is 0.350. The second-order valence-corrected chi connectivity index (χ2v) is 5.60. The Morgan fingerprint density at radius 1 is 0.846 bits per heavy atom. The molecular formula is C20H28IN3O2. The van der Waals surface area contributed by atoms with Gasteiger partial charge in [-0.25, -0.2) is 0 Å². The second-order valence-electron chi connectivity index (χ2n) is 5.60. The molecule has 0 heterocycles. The zero-order chi connectivity index (χ0) is 17.9. The lowest BCUT2D eigenvalue weighted by atomic mass is 10.1. The Morgan fingerprint density at radius 3 is 2.04 bits per heavy atom. The third kappa shape index (κ3) is 7.11. The van der Waals surface area contributed by atoms with Crippen LogP contribution in [0.25, 0.3) is 0 Å². The van der Waals surface area contributed by atoms with Gasteiger partial charge in [-0.2, -0.15) is 0 Å². The molecular weight excluding hydrogens is 441 g/mol. The molecule has 26 heavy (non-hydrogen) atoms. The number of halogens is 1. The highest BCUT2D eigenvalue weighted by molar-refractivity contribution is 14.0. The summed E-state index contributed by atoms with van der Waals surface area (Å²) in [5.74, 6) is 2.32. The highest BCUT2D eigenvalue weighted by Gasteiger charge is 2.05. The average molecular weight is 469 g/mol. The van der Waals surface area contributed by atoms with Gasteiger partial charge in [0.1, 0.15) is 0 Å². The number of hydrogen-bond donors (Lipinski definition) is 2. The molecule has 0 radical (unpaired) electrons. The lowest BCUT2D eigenvalue weighted by Crippen LogP contribution is -2.39. The standard InChI is InChI=1S/C20H27N3O2.HI/c1-21-20(22-13-11-16-7-5-4-6-8-16)23-14-12-17-9-10-18(24-2)19(15-17)25-3;/h4-10,15H,11-14H2,1-3H3,(H2,21,22,23);1H. The minimum Gasteiger partial charge on any atom is -0.493 e. The first-order valence-corrected chi connectivity index (χ1v) is 8.46. The topological polar surface area (TPSA) is 54.9 Å². The second kappa shape index (κ2) is 12.4. The van der Waals surface area contributed by atoms with Crippen molar-refractivity contribution < 1.29 is 9.47 Å². The molecule has 2 N–H and O–H groups in total. The van der Waals surface area contributed by atoms with Gasteiger partial charge in [0.05, 0.1) is 14.2 Å². The number of methoxy groups -OCH3 is 2. The maximum atomic E-state index is 5.34. The zero-order valence-corrected chi connectivity index (χ0v) is 17.9. The van der Waals surface area contributed by atoms with Gasteiger partial charge in [-0.1, -0.05) is 36.4 Å². The molecule has 6 heteroatoms. The van der Waals surface area contributed by atoms with Crippen molar-refractivity contribution >= 4 is 29.9 Å². The fourth-order valence-corrected chi connectivity index (χ4v) is 2.55. The molecule has 5 nitrogen and oxygen atoms in total. The van der Waals surface area contributed by atoms with Gasteiger partial charge in [0.25, 0.3) is 0 Å². The van der Waals surface area contributed by atoms with Crippen molar-refractivity contribution in [3.05, 3.63) is 59.7 Å². The van der Waals surface area contributed by atoms with E-state index in [0.717, 1.165) is 43.4 Å². The van der Waals surface area contributed by atoms with E-state index >= 15 is 0 Å². The smallest absolute Gasteiger partial charge is 0.190 e. The van der Waals surface area contributed by atoms with Crippen molar-refractivity contribution in [1.82, 2.24) is 10.6 Å². The molecule has 142 valence electrons. The van der Waals surface area contributed by atoms with Crippen LogP contribution in [-0.4, -0.2) is 40.3 Å². The number of aliphatic imine (C=N–C) groups is 1. The van der Waals surface area contributed by atoms with Crippen LogP contribution in [0.15, 0.2) is 53.5 Å². The quantitative estimate of drug-likeness (QED) is 0.354. The van der Waals surface area contributed by atoms with Crippen LogP contribution in [0.4, 0.5) is 0 Å². The first-order chi connectivity index (χ1) is 12.3. The van der Waals surface area contributed by atoms with Crippen LogP contribution < -0.4 is 20.1 Å². The van der Waals surface area contributed by atoms with Crippen molar-refractivity contribution in [1.29, 1.82) is 0 Å². The van der Waals surface area contributed by atoms with E-state index in [-0.39, 0.29) is 24.0 Å². The summed E-state index contributed by atoms with van der Waals surface area (Å²) in [6.07, 6.45) is 1.84. The molecule has 0 aliphatic rings. The van der Waals surface area contributed by atoms with Gasteiger partial charge < -0.3 is 20.1 Å². The van der Waals surface area contributed by atoms with Crippen LogP contribution in [0.5, 0.6) is 11.5 Å². The minimum absolute atomic E-state index is 0. The lowest BCUT2D eigenvalue weighted by molar-refractivity contribution is 0.354. The van der Waals surface area contributed by atoms with Gasteiger partial charge in [-0.15, -0.1) is 24.0 Å². The number of hydrogen-bond acceptors (Lipinski definition) is 3. The van der Waals surface area contributed by atoms with E-state index in [9.17, 15) is 0 Å². The van der Waals surface area contributed by atoms with Gasteiger partial charge >= 0.3 is 0 Å². The number of nitrogens with zero attached hydrogens (tertiary/aromatic N) is 1. The van der Waals surface area contributed by atoms with Crippen LogP contribution in [0, 0.1) is 0 Å². The predicted octanol–water partition coefficient (Wildman–Crippen LogP) is 3.27. The minimum atomic E-state index is 0. The van der Waals surface area contributed by atoms with Crippen molar-refractivity contribution in [2.45, 2.75) is 12.8 Å². The summed E-state index contributed by atoms with van der Waals surface area (Å²) in [6.45, 7) is 1.64. The molecule has 0 saturated heterocycles. The Labute approximate surface area is 173 Å². The van der Waals surface area contributed by atoms with E-state index in [2.05, 4.69) is 46.0 Å². The van der Waals surface area contributed by atoms with Gasteiger partial charge in [0.2, 0.25) is 0 Å². The molecule has 0 unspecified atom stereocenters. The number of rotatable bonds is 8. The van der Waals surface area contributed by atoms with Gasteiger partial charge in [0.15, 0.2) is 17.5 Å². The number of guanidine groups is 1. The summed E-state index contributed by atoms with van der Waals surface area (Å²) < 4.78 is 10.6. The molecule has 0 aromatic heterocycles.